The first-order valence-corrected chi connectivity index (χ1v) is 9.21. The molecule has 5 heteroatoms. The van der Waals surface area contributed by atoms with E-state index in [1.54, 1.807) is 17.5 Å². The molecule has 0 N–H and O–H groups in total. The van der Waals surface area contributed by atoms with Crippen LogP contribution in [0.1, 0.15) is 47.4 Å². The summed E-state index contributed by atoms with van der Waals surface area (Å²) < 4.78 is 0. The second kappa shape index (κ2) is 6.04. The van der Waals surface area contributed by atoms with Crippen molar-refractivity contribution >= 4 is 17.2 Å². The first-order valence-electron chi connectivity index (χ1n) is 8.33. The highest BCUT2D eigenvalue weighted by Crippen LogP contribution is 2.48. The van der Waals surface area contributed by atoms with E-state index in [2.05, 4.69) is 26.3 Å². The summed E-state index contributed by atoms with van der Waals surface area (Å²) in [6.45, 7) is 3.77. The van der Waals surface area contributed by atoms with Crippen molar-refractivity contribution in [3.05, 3.63) is 46.2 Å². The maximum Gasteiger partial charge on any atom is 0.226 e. The van der Waals surface area contributed by atoms with Crippen LogP contribution in [-0.2, 0) is 4.79 Å². The number of aryl methyl sites for hydroxylation is 1. The first-order chi connectivity index (χ1) is 11.2. The minimum atomic E-state index is 0.163. The van der Waals surface area contributed by atoms with Gasteiger partial charge in [0.05, 0.1) is 5.01 Å². The molecule has 1 aliphatic heterocycles. The van der Waals surface area contributed by atoms with E-state index in [4.69, 9.17) is 0 Å². The number of pyridine rings is 1. The highest BCUT2D eigenvalue weighted by Gasteiger charge is 2.46. The molecule has 2 aliphatic rings. The number of thiazole rings is 1. The predicted octanol–water partition coefficient (Wildman–Crippen LogP) is 3.36. The van der Waals surface area contributed by atoms with Crippen LogP contribution in [0.3, 0.4) is 0 Å². The van der Waals surface area contributed by atoms with Crippen molar-refractivity contribution in [2.75, 3.05) is 13.1 Å². The van der Waals surface area contributed by atoms with Gasteiger partial charge < -0.3 is 4.90 Å². The molecule has 0 aromatic carbocycles. The smallest absolute Gasteiger partial charge is 0.226 e. The van der Waals surface area contributed by atoms with Crippen LogP contribution in [0.5, 0.6) is 0 Å². The molecule has 0 unspecified atom stereocenters. The molecule has 0 radical (unpaired) electrons. The predicted molar refractivity (Wildman–Crippen MR) is 90.5 cm³/mol. The molecule has 0 spiro atoms. The van der Waals surface area contributed by atoms with Crippen LogP contribution in [0.2, 0.25) is 0 Å². The Kier molecular flexibility index (Phi) is 3.89. The molecule has 120 valence electrons. The second-order valence-electron chi connectivity index (χ2n) is 6.69. The zero-order valence-corrected chi connectivity index (χ0v) is 14.1. The minimum Gasteiger partial charge on any atom is -0.342 e. The number of piperidine rings is 1. The largest absolute Gasteiger partial charge is 0.342 e. The van der Waals surface area contributed by atoms with Crippen LogP contribution in [-0.4, -0.2) is 33.9 Å². The molecule has 2 aromatic heterocycles. The van der Waals surface area contributed by atoms with Gasteiger partial charge in [0.25, 0.3) is 0 Å². The van der Waals surface area contributed by atoms with Gasteiger partial charge in [0.15, 0.2) is 0 Å². The lowest BCUT2D eigenvalue weighted by Crippen LogP contribution is -2.40. The van der Waals surface area contributed by atoms with E-state index in [1.807, 2.05) is 19.2 Å². The molecule has 2 aromatic rings. The van der Waals surface area contributed by atoms with Gasteiger partial charge in [0, 0.05) is 48.4 Å². The zero-order valence-electron chi connectivity index (χ0n) is 13.3. The van der Waals surface area contributed by atoms with Gasteiger partial charge in [-0.2, -0.15) is 0 Å². The quantitative estimate of drug-likeness (QED) is 0.868. The molecular weight excluding hydrogens is 306 g/mol. The average Bonchev–Trinajstić information content (AvgIpc) is 3.29. The third kappa shape index (κ3) is 3.02. The van der Waals surface area contributed by atoms with E-state index in [0.717, 1.165) is 38.0 Å². The van der Waals surface area contributed by atoms with Crippen molar-refractivity contribution < 1.29 is 4.79 Å². The van der Waals surface area contributed by atoms with Crippen LogP contribution in [0, 0.1) is 12.8 Å². The number of likely N-dealkylation sites (tertiary alicyclic amines) is 1. The molecule has 3 atom stereocenters. The second-order valence-corrected chi connectivity index (χ2v) is 7.58. The number of hydrogen-bond donors (Lipinski definition) is 0. The average molecular weight is 327 g/mol. The Morgan fingerprint density at radius 2 is 2.35 bits per heavy atom. The molecule has 1 saturated carbocycles. The molecule has 4 rings (SSSR count). The van der Waals surface area contributed by atoms with Crippen molar-refractivity contribution in [1.29, 1.82) is 0 Å². The van der Waals surface area contributed by atoms with Crippen LogP contribution in [0.15, 0.2) is 29.9 Å². The topological polar surface area (TPSA) is 46.1 Å². The Morgan fingerprint density at radius 3 is 3.09 bits per heavy atom. The van der Waals surface area contributed by atoms with Gasteiger partial charge >= 0.3 is 0 Å². The lowest BCUT2D eigenvalue weighted by atomic mass is 9.98. The van der Waals surface area contributed by atoms with E-state index >= 15 is 0 Å². The highest BCUT2D eigenvalue weighted by molar-refractivity contribution is 7.09. The summed E-state index contributed by atoms with van der Waals surface area (Å²) in [6, 6.07) is 4.04. The van der Waals surface area contributed by atoms with Gasteiger partial charge in [0.2, 0.25) is 5.91 Å². The van der Waals surface area contributed by atoms with Crippen LogP contribution in [0.25, 0.3) is 0 Å². The fraction of sp³-hybridized carbons (Fsp3) is 0.500. The van der Waals surface area contributed by atoms with Gasteiger partial charge in [-0.1, -0.05) is 6.07 Å². The number of carbonyl (C=O) groups excluding carboxylic acids is 1. The van der Waals surface area contributed by atoms with Gasteiger partial charge in [-0.3, -0.25) is 9.78 Å². The Bertz CT molecular complexity index is 699. The van der Waals surface area contributed by atoms with Gasteiger partial charge in [-0.25, -0.2) is 4.98 Å². The van der Waals surface area contributed by atoms with Crippen molar-refractivity contribution in [2.24, 2.45) is 5.92 Å². The minimum absolute atomic E-state index is 0.163. The number of hydrogen-bond acceptors (Lipinski definition) is 4. The van der Waals surface area contributed by atoms with Crippen molar-refractivity contribution in [1.82, 2.24) is 14.9 Å². The Hall–Kier alpha value is -1.75. The van der Waals surface area contributed by atoms with E-state index in [0.29, 0.717) is 17.7 Å². The molecule has 1 aliphatic carbocycles. The molecule has 23 heavy (non-hydrogen) atoms. The lowest BCUT2D eigenvalue weighted by molar-refractivity contribution is -0.133. The number of carbonyl (C=O) groups is 1. The standard InChI is InChI=1S/C18H21N3OS/c1-12-11-23-17(20-12)14-5-3-7-21(10-14)18(22)16-8-15(16)13-4-2-6-19-9-13/h2,4,6,9,11,14-16H,3,5,7-8,10H2,1H3/t14-,15-,16+/m1/s1. The lowest BCUT2D eigenvalue weighted by Gasteiger charge is -2.32. The highest BCUT2D eigenvalue weighted by atomic mass is 32.1. The van der Waals surface area contributed by atoms with E-state index in [9.17, 15) is 4.79 Å². The Labute approximate surface area is 140 Å². The zero-order chi connectivity index (χ0) is 15.8. The summed E-state index contributed by atoms with van der Waals surface area (Å²) in [5, 5.41) is 3.30. The molecule has 4 nitrogen and oxygen atoms in total. The maximum absolute atomic E-state index is 12.8. The SMILES string of the molecule is Cc1csc([C@@H]2CCCN(C(=O)[C@H]3C[C@@H]3c3cccnc3)C2)n1. The van der Waals surface area contributed by atoms with E-state index < -0.39 is 0 Å². The Balaban J connectivity index is 1.41. The van der Waals surface area contributed by atoms with Gasteiger partial charge in [-0.05, 0) is 43.7 Å². The van der Waals surface area contributed by atoms with Gasteiger partial charge in [-0.15, -0.1) is 11.3 Å². The fourth-order valence-corrected chi connectivity index (χ4v) is 4.53. The summed E-state index contributed by atoms with van der Waals surface area (Å²) >= 11 is 1.73. The van der Waals surface area contributed by atoms with Crippen molar-refractivity contribution in [2.45, 2.75) is 38.0 Å². The summed E-state index contributed by atoms with van der Waals surface area (Å²) in [5.74, 6) is 1.29. The maximum atomic E-state index is 12.8. The third-order valence-electron chi connectivity index (χ3n) is 4.94. The van der Waals surface area contributed by atoms with E-state index in [-0.39, 0.29) is 5.92 Å². The third-order valence-corrected chi connectivity index (χ3v) is 6.06. The van der Waals surface area contributed by atoms with Gasteiger partial charge in [0.1, 0.15) is 0 Å². The Morgan fingerprint density at radius 1 is 1.43 bits per heavy atom. The van der Waals surface area contributed by atoms with Crippen LogP contribution >= 0.6 is 11.3 Å². The number of amides is 1. The summed E-state index contributed by atoms with van der Waals surface area (Å²) in [4.78, 5) is 23.7. The van der Waals surface area contributed by atoms with Crippen LogP contribution < -0.4 is 0 Å². The molecule has 2 fully saturated rings. The summed E-state index contributed by atoms with van der Waals surface area (Å²) in [5.41, 5.74) is 2.29. The molecule has 1 amide bonds. The monoisotopic (exact) mass is 327 g/mol. The first kappa shape index (κ1) is 14.8. The number of rotatable bonds is 3. The summed E-state index contributed by atoms with van der Waals surface area (Å²) in [6.07, 6.45) is 6.89. The summed E-state index contributed by atoms with van der Waals surface area (Å²) in [7, 11) is 0. The number of nitrogens with zero attached hydrogens (tertiary/aromatic N) is 3. The van der Waals surface area contributed by atoms with Crippen molar-refractivity contribution in [3.8, 4) is 0 Å². The molecule has 3 heterocycles. The molecule has 1 saturated heterocycles. The molecular formula is C18H21N3OS. The normalized spacial score (nSPS) is 27.0. The number of aromatic nitrogens is 2. The van der Waals surface area contributed by atoms with Crippen molar-refractivity contribution in [3.63, 3.8) is 0 Å². The fourth-order valence-electron chi connectivity index (χ4n) is 3.60. The van der Waals surface area contributed by atoms with Crippen LogP contribution in [0.4, 0.5) is 0 Å². The molecule has 0 bridgehead atoms. The van der Waals surface area contributed by atoms with E-state index in [1.165, 1.54) is 10.6 Å².